The van der Waals surface area contributed by atoms with Gasteiger partial charge in [0.25, 0.3) is 0 Å². The lowest BCUT2D eigenvalue weighted by atomic mass is 10.1. The molecular formula is C12H14BrF4NO. The van der Waals surface area contributed by atoms with Gasteiger partial charge in [-0.15, -0.1) is 0 Å². The van der Waals surface area contributed by atoms with Crippen molar-refractivity contribution in [1.82, 2.24) is 0 Å². The Bertz CT molecular complexity index is 411. The molecule has 0 N–H and O–H groups in total. The molecule has 7 heteroatoms. The third-order valence-electron chi connectivity index (χ3n) is 2.54. The van der Waals surface area contributed by atoms with Crippen molar-refractivity contribution in [2.75, 3.05) is 37.0 Å². The van der Waals surface area contributed by atoms with Crippen molar-refractivity contribution in [2.24, 2.45) is 0 Å². The Hall–Kier alpha value is -0.820. The Kier molecular flexibility index (Phi) is 6.06. The Labute approximate surface area is 117 Å². The van der Waals surface area contributed by atoms with Crippen LogP contribution in [0.3, 0.4) is 0 Å². The van der Waals surface area contributed by atoms with Gasteiger partial charge in [-0.1, -0.05) is 15.9 Å². The van der Waals surface area contributed by atoms with Gasteiger partial charge in [-0.2, -0.15) is 13.2 Å². The van der Waals surface area contributed by atoms with Crippen molar-refractivity contribution < 1.29 is 22.3 Å². The van der Waals surface area contributed by atoms with Crippen molar-refractivity contribution in [3.05, 3.63) is 29.6 Å². The molecule has 0 aliphatic heterocycles. The van der Waals surface area contributed by atoms with Crippen LogP contribution in [0.15, 0.2) is 18.2 Å². The van der Waals surface area contributed by atoms with Gasteiger partial charge in [0.1, 0.15) is 5.82 Å². The number of hydrogen-bond acceptors (Lipinski definition) is 2. The number of nitrogens with zero attached hydrogens (tertiary/aromatic N) is 1. The summed E-state index contributed by atoms with van der Waals surface area (Å²) in [6.07, 6.45) is -4.54. The van der Waals surface area contributed by atoms with Crippen molar-refractivity contribution >= 4 is 21.6 Å². The summed E-state index contributed by atoms with van der Waals surface area (Å²) in [6, 6.07) is 2.55. The fourth-order valence-electron chi connectivity index (χ4n) is 1.60. The molecular weight excluding hydrogens is 330 g/mol. The lowest BCUT2D eigenvalue weighted by Crippen LogP contribution is -2.30. The van der Waals surface area contributed by atoms with E-state index in [1.54, 1.807) is 4.90 Å². The SMILES string of the molecule is COCCN(CCBr)c1ccc(C(F)(F)F)cc1F. The van der Waals surface area contributed by atoms with Crippen molar-refractivity contribution in [3.63, 3.8) is 0 Å². The van der Waals surface area contributed by atoms with Crippen molar-refractivity contribution in [3.8, 4) is 0 Å². The molecule has 2 nitrogen and oxygen atoms in total. The normalized spacial score (nSPS) is 11.7. The zero-order chi connectivity index (χ0) is 14.5. The number of rotatable bonds is 6. The average molecular weight is 344 g/mol. The van der Waals surface area contributed by atoms with E-state index in [-0.39, 0.29) is 5.69 Å². The molecule has 0 unspecified atom stereocenters. The number of benzene rings is 1. The molecule has 0 atom stereocenters. The molecule has 108 valence electrons. The van der Waals surface area contributed by atoms with Gasteiger partial charge in [-0.25, -0.2) is 4.39 Å². The van der Waals surface area contributed by atoms with Gasteiger partial charge in [-0.05, 0) is 18.2 Å². The maximum absolute atomic E-state index is 13.8. The van der Waals surface area contributed by atoms with Crippen molar-refractivity contribution in [2.45, 2.75) is 6.18 Å². The van der Waals surface area contributed by atoms with E-state index in [0.717, 1.165) is 12.1 Å². The first-order chi connectivity index (χ1) is 8.90. The molecule has 1 rings (SSSR count). The molecule has 0 aromatic heterocycles. The van der Waals surface area contributed by atoms with Gasteiger partial charge in [0.15, 0.2) is 0 Å². The molecule has 0 amide bonds. The largest absolute Gasteiger partial charge is 0.416 e. The Morgan fingerprint density at radius 1 is 1.26 bits per heavy atom. The van der Waals surface area contributed by atoms with Gasteiger partial charge in [-0.3, -0.25) is 0 Å². The molecule has 0 saturated carbocycles. The number of halogens is 5. The van der Waals surface area contributed by atoms with E-state index in [1.807, 2.05) is 0 Å². The molecule has 1 aromatic rings. The molecule has 0 heterocycles. The molecule has 0 fully saturated rings. The van der Waals surface area contributed by atoms with Crippen LogP contribution in [0.5, 0.6) is 0 Å². The lowest BCUT2D eigenvalue weighted by Gasteiger charge is -2.24. The number of methoxy groups -OCH3 is 1. The van der Waals surface area contributed by atoms with Crippen LogP contribution in [0.1, 0.15) is 5.56 Å². The molecule has 19 heavy (non-hydrogen) atoms. The molecule has 0 saturated heterocycles. The van der Waals surface area contributed by atoms with Gasteiger partial charge in [0.2, 0.25) is 0 Å². The quantitative estimate of drug-likeness (QED) is 0.577. The molecule has 0 aliphatic carbocycles. The second-order valence-electron chi connectivity index (χ2n) is 3.83. The first-order valence-electron chi connectivity index (χ1n) is 5.56. The van der Waals surface area contributed by atoms with Crippen LogP contribution in [0.4, 0.5) is 23.2 Å². The summed E-state index contributed by atoms with van der Waals surface area (Å²) in [5.41, 5.74) is -0.844. The summed E-state index contributed by atoms with van der Waals surface area (Å²) in [5, 5.41) is 0.581. The molecule has 0 radical (unpaired) electrons. The fourth-order valence-corrected chi connectivity index (χ4v) is 2.02. The Morgan fingerprint density at radius 2 is 1.95 bits per heavy atom. The standard InChI is InChI=1S/C12H14BrF4NO/c1-19-7-6-18(5-4-13)11-3-2-9(8-10(11)14)12(15,16)17/h2-3,8H,4-7H2,1H3. The predicted molar refractivity (Wildman–Crippen MR) is 69.3 cm³/mol. The third kappa shape index (κ3) is 4.65. The van der Waals surface area contributed by atoms with Crippen LogP contribution in [0, 0.1) is 5.82 Å². The summed E-state index contributed by atoms with van der Waals surface area (Å²) < 4.78 is 56.0. The van der Waals surface area contributed by atoms with Crippen LogP contribution in [0.25, 0.3) is 0 Å². The van der Waals surface area contributed by atoms with Gasteiger partial charge >= 0.3 is 6.18 Å². The highest BCUT2D eigenvalue weighted by Crippen LogP contribution is 2.32. The number of ether oxygens (including phenoxy) is 1. The van der Waals surface area contributed by atoms with E-state index in [2.05, 4.69) is 15.9 Å². The first-order valence-corrected chi connectivity index (χ1v) is 6.69. The summed E-state index contributed by atoms with van der Waals surface area (Å²) in [6.45, 7) is 1.25. The minimum atomic E-state index is -4.54. The van der Waals surface area contributed by atoms with E-state index >= 15 is 0 Å². The van der Waals surface area contributed by atoms with Crippen LogP contribution in [-0.4, -0.2) is 32.1 Å². The topological polar surface area (TPSA) is 12.5 Å². The maximum atomic E-state index is 13.8. The first kappa shape index (κ1) is 16.2. The lowest BCUT2D eigenvalue weighted by molar-refractivity contribution is -0.137. The average Bonchev–Trinajstić information content (AvgIpc) is 2.33. The fraction of sp³-hybridized carbons (Fsp3) is 0.500. The second kappa shape index (κ2) is 7.09. The Morgan fingerprint density at radius 3 is 2.42 bits per heavy atom. The zero-order valence-electron chi connectivity index (χ0n) is 10.3. The Balaban J connectivity index is 2.97. The van der Waals surface area contributed by atoms with Gasteiger partial charge in [0.05, 0.1) is 17.9 Å². The maximum Gasteiger partial charge on any atom is 0.416 e. The van der Waals surface area contributed by atoms with Crippen LogP contribution in [-0.2, 0) is 10.9 Å². The molecule has 1 aromatic carbocycles. The zero-order valence-corrected chi connectivity index (χ0v) is 11.9. The molecule has 0 spiro atoms. The van der Waals surface area contributed by atoms with Crippen LogP contribution >= 0.6 is 15.9 Å². The second-order valence-corrected chi connectivity index (χ2v) is 4.63. The smallest absolute Gasteiger partial charge is 0.383 e. The van der Waals surface area contributed by atoms with E-state index in [9.17, 15) is 17.6 Å². The highest BCUT2D eigenvalue weighted by Gasteiger charge is 2.31. The van der Waals surface area contributed by atoms with Crippen LogP contribution in [0.2, 0.25) is 0 Å². The third-order valence-corrected chi connectivity index (χ3v) is 2.89. The highest BCUT2D eigenvalue weighted by atomic mass is 79.9. The minimum absolute atomic E-state index is 0.143. The molecule has 0 aliphatic rings. The summed E-state index contributed by atoms with van der Waals surface area (Å²) in [5.74, 6) is -0.883. The van der Waals surface area contributed by atoms with E-state index in [1.165, 1.54) is 7.11 Å². The number of alkyl halides is 4. The van der Waals surface area contributed by atoms with Gasteiger partial charge < -0.3 is 9.64 Å². The molecule has 0 bridgehead atoms. The van der Waals surface area contributed by atoms with Crippen molar-refractivity contribution in [1.29, 1.82) is 0 Å². The minimum Gasteiger partial charge on any atom is -0.383 e. The highest BCUT2D eigenvalue weighted by molar-refractivity contribution is 9.09. The van der Waals surface area contributed by atoms with E-state index < -0.39 is 17.6 Å². The summed E-state index contributed by atoms with van der Waals surface area (Å²) in [7, 11) is 1.51. The van der Waals surface area contributed by atoms with Gasteiger partial charge in [0, 0.05) is 25.5 Å². The summed E-state index contributed by atoms with van der Waals surface area (Å²) >= 11 is 3.23. The summed E-state index contributed by atoms with van der Waals surface area (Å²) in [4.78, 5) is 1.63. The predicted octanol–water partition coefficient (Wildman–Crippen LogP) is 3.69. The van der Waals surface area contributed by atoms with E-state index in [4.69, 9.17) is 4.74 Å². The van der Waals surface area contributed by atoms with Crippen LogP contribution < -0.4 is 4.90 Å². The number of hydrogen-bond donors (Lipinski definition) is 0. The monoisotopic (exact) mass is 343 g/mol. The number of anilines is 1. The van der Waals surface area contributed by atoms with E-state index in [0.29, 0.717) is 31.1 Å².